The molecule has 4 heteroatoms. The second-order valence-electron chi connectivity index (χ2n) is 7.03. The maximum absolute atomic E-state index is 12.1. The third-order valence-corrected chi connectivity index (χ3v) is 5.74. The van der Waals surface area contributed by atoms with E-state index in [1.54, 1.807) is 6.92 Å². The van der Waals surface area contributed by atoms with E-state index in [4.69, 9.17) is 18.0 Å². The molecule has 0 heterocycles. The monoisotopic (exact) mass is 280 g/mol. The molecule has 0 unspecified atom stereocenters. The highest BCUT2D eigenvalue weighted by atomic mass is 32.1. The summed E-state index contributed by atoms with van der Waals surface area (Å²) in [5.74, 6) is 2.78. The Bertz CT molecular complexity index is 372. The first-order valence-electron chi connectivity index (χ1n) is 7.55. The number of thiocarbonyl (C=S) groups is 1. The topological polar surface area (TPSA) is 46.3 Å². The van der Waals surface area contributed by atoms with Crippen LogP contribution in [0.25, 0.3) is 0 Å². The number of carbonyl (C=O) groups excluding carboxylic acids is 1. The van der Waals surface area contributed by atoms with Crippen molar-refractivity contribution < 1.29 is 4.79 Å². The van der Waals surface area contributed by atoms with Crippen LogP contribution in [0.4, 0.5) is 0 Å². The zero-order valence-electron chi connectivity index (χ0n) is 11.7. The summed E-state index contributed by atoms with van der Waals surface area (Å²) in [5.41, 5.74) is 5.77. The average molecular weight is 280 g/mol. The summed E-state index contributed by atoms with van der Waals surface area (Å²) in [6.45, 7) is 2.43. The van der Waals surface area contributed by atoms with E-state index in [0.717, 1.165) is 24.3 Å². The van der Waals surface area contributed by atoms with Crippen LogP contribution in [0.2, 0.25) is 0 Å². The van der Waals surface area contributed by atoms with E-state index in [0.29, 0.717) is 11.4 Å². The SMILES string of the molecule is CC(=O)N(CCC(N)=S)C12CC3CC(CC(C3)C1)C2. The van der Waals surface area contributed by atoms with E-state index in [2.05, 4.69) is 4.90 Å². The van der Waals surface area contributed by atoms with Gasteiger partial charge >= 0.3 is 0 Å². The molecule has 0 saturated heterocycles. The Kier molecular flexibility index (Phi) is 3.32. The minimum Gasteiger partial charge on any atom is -0.393 e. The molecular formula is C15H24N2OS. The van der Waals surface area contributed by atoms with Crippen LogP contribution in [-0.4, -0.2) is 27.9 Å². The van der Waals surface area contributed by atoms with Gasteiger partial charge in [0, 0.05) is 25.4 Å². The van der Waals surface area contributed by atoms with Crippen molar-refractivity contribution in [3.05, 3.63) is 0 Å². The van der Waals surface area contributed by atoms with Gasteiger partial charge in [-0.3, -0.25) is 4.79 Å². The van der Waals surface area contributed by atoms with Gasteiger partial charge < -0.3 is 10.6 Å². The van der Waals surface area contributed by atoms with Crippen LogP contribution < -0.4 is 5.73 Å². The zero-order valence-corrected chi connectivity index (χ0v) is 12.5. The van der Waals surface area contributed by atoms with Crippen LogP contribution in [0.5, 0.6) is 0 Å². The van der Waals surface area contributed by atoms with Gasteiger partial charge in [-0.05, 0) is 56.3 Å². The van der Waals surface area contributed by atoms with Gasteiger partial charge in [-0.25, -0.2) is 0 Å². The maximum atomic E-state index is 12.1. The number of amides is 1. The largest absolute Gasteiger partial charge is 0.393 e. The molecule has 4 aliphatic carbocycles. The summed E-state index contributed by atoms with van der Waals surface area (Å²) in [6.07, 6.45) is 8.53. The maximum Gasteiger partial charge on any atom is 0.219 e. The highest BCUT2D eigenvalue weighted by Gasteiger charge is 2.54. The molecule has 1 amide bonds. The van der Waals surface area contributed by atoms with E-state index in [1.807, 2.05) is 0 Å². The first-order valence-corrected chi connectivity index (χ1v) is 7.96. The van der Waals surface area contributed by atoms with Gasteiger partial charge in [0.25, 0.3) is 0 Å². The summed E-state index contributed by atoms with van der Waals surface area (Å²) in [5, 5.41) is 0. The lowest BCUT2D eigenvalue weighted by molar-refractivity contribution is -0.148. The highest BCUT2D eigenvalue weighted by Crippen LogP contribution is 2.57. The summed E-state index contributed by atoms with van der Waals surface area (Å²) < 4.78 is 0. The van der Waals surface area contributed by atoms with Crippen molar-refractivity contribution in [1.29, 1.82) is 0 Å². The lowest BCUT2D eigenvalue weighted by Gasteiger charge is -2.60. The van der Waals surface area contributed by atoms with Crippen molar-refractivity contribution in [2.45, 2.75) is 57.4 Å². The Labute approximate surface area is 120 Å². The summed E-state index contributed by atoms with van der Waals surface area (Å²) in [6, 6.07) is 0. The fraction of sp³-hybridized carbons (Fsp3) is 0.867. The Morgan fingerprint density at radius 3 is 2.05 bits per heavy atom. The molecule has 4 saturated carbocycles. The molecule has 19 heavy (non-hydrogen) atoms. The van der Waals surface area contributed by atoms with Crippen LogP contribution in [0.3, 0.4) is 0 Å². The summed E-state index contributed by atoms with van der Waals surface area (Å²) in [7, 11) is 0. The molecule has 0 atom stereocenters. The van der Waals surface area contributed by atoms with Crippen molar-refractivity contribution in [3.63, 3.8) is 0 Å². The molecule has 0 aliphatic heterocycles. The molecule has 0 aromatic heterocycles. The molecule has 0 aromatic carbocycles. The van der Waals surface area contributed by atoms with Gasteiger partial charge in [-0.15, -0.1) is 0 Å². The predicted octanol–water partition coefficient (Wildman–Crippen LogP) is 2.48. The van der Waals surface area contributed by atoms with Crippen LogP contribution in [0.1, 0.15) is 51.9 Å². The van der Waals surface area contributed by atoms with Gasteiger partial charge in [-0.1, -0.05) is 12.2 Å². The summed E-state index contributed by atoms with van der Waals surface area (Å²) >= 11 is 4.98. The molecule has 106 valence electrons. The van der Waals surface area contributed by atoms with Gasteiger partial charge in [0.15, 0.2) is 0 Å². The molecule has 0 aromatic rings. The molecular weight excluding hydrogens is 256 g/mol. The molecule has 4 fully saturated rings. The molecule has 4 rings (SSSR count). The van der Waals surface area contributed by atoms with E-state index < -0.39 is 0 Å². The fourth-order valence-electron chi connectivity index (χ4n) is 5.35. The first kappa shape index (κ1) is 13.3. The Morgan fingerprint density at radius 1 is 1.21 bits per heavy atom. The van der Waals surface area contributed by atoms with Gasteiger partial charge in [0.05, 0.1) is 4.99 Å². The zero-order chi connectivity index (χ0) is 13.6. The third kappa shape index (κ3) is 2.39. The van der Waals surface area contributed by atoms with Crippen LogP contribution in [-0.2, 0) is 4.79 Å². The van der Waals surface area contributed by atoms with Gasteiger partial charge in [-0.2, -0.15) is 0 Å². The normalized spacial score (nSPS) is 39.3. The number of carbonyl (C=O) groups is 1. The Morgan fingerprint density at radius 2 is 1.68 bits per heavy atom. The average Bonchev–Trinajstić information content (AvgIpc) is 2.25. The lowest BCUT2D eigenvalue weighted by Crippen LogP contribution is -2.61. The van der Waals surface area contributed by atoms with E-state index in [-0.39, 0.29) is 11.4 Å². The highest BCUT2D eigenvalue weighted by molar-refractivity contribution is 7.80. The lowest BCUT2D eigenvalue weighted by atomic mass is 9.52. The van der Waals surface area contributed by atoms with Crippen molar-refractivity contribution in [2.75, 3.05) is 6.54 Å². The number of rotatable bonds is 4. The van der Waals surface area contributed by atoms with E-state index in [9.17, 15) is 4.79 Å². The van der Waals surface area contributed by atoms with Crippen LogP contribution in [0.15, 0.2) is 0 Å². The molecule has 0 spiro atoms. The van der Waals surface area contributed by atoms with Crippen molar-refractivity contribution >= 4 is 23.1 Å². The van der Waals surface area contributed by atoms with E-state index >= 15 is 0 Å². The number of nitrogens with two attached hydrogens (primary N) is 1. The van der Waals surface area contributed by atoms with Crippen LogP contribution >= 0.6 is 12.2 Å². The molecule has 4 aliphatic rings. The Hall–Kier alpha value is -0.640. The molecule has 4 bridgehead atoms. The standard InChI is InChI=1S/C15H24N2OS/c1-10(18)17(3-2-14(16)19)15-7-11-4-12(8-15)6-13(5-11)9-15/h11-13H,2-9H2,1H3,(H2,16,19). The molecule has 3 nitrogen and oxygen atoms in total. The number of hydrogen-bond donors (Lipinski definition) is 1. The Balaban J connectivity index is 1.81. The van der Waals surface area contributed by atoms with Crippen LogP contribution in [0, 0.1) is 17.8 Å². The van der Waals surface area contributed by atoms with Gasteiger partial charge in [0.1, 0.15) is 0 Å². The van der Waals surface area contributed by atoms with Crippen molar-refractivity contribution in [3.8, 4) is 0 Å². The fourth-order valence-corrected chi connectivity index (χ4v) is 5.44. The van der Waals surface area contributed by atoms with E-state index in [1.165, 1.54) is 38.5 Å². The molecule has 0 radical (unpaired) electrons. The number of nitrogens with zero attached hydrogens (tertiary/aromatic N) is 1. The summed E-state index contributed by atoms with van der Waals surface area (Å²) in [4.78, 5) is 14.8. The van der Waals surface area contributed by atoms with Crippen molar-refractivity contribution in [1.82, 2.24) is 4.90 Å². The number of hydrogen-bond acceptors (Lipinski definition) is 2. The minimum atomic E-state index is 0.144. The first-order chi connectivity index (χ1) is 8.98. The van der Waals surface area contributed by atoms with Gasteiger partial charge in [0.2, 0.25) is 5.91 Å². The smallest absolute Gasteiger partial charge is 0.219 e. The second-order valence-corrected chi connectivity index (χ2v) is 7.55. The predicted molar refractivity (Wildman–Crippen MR) is 79.7 cm³/mol. The molecule has 2 N–H and O–H groups in total. The quantitative estimate of drug-likeness (QED) is 0.805. The van der Waals surface area contributed by atoms with Crippen molar-refractivity contribution in [2.24, 2.45) is 23.5 Å². The third-order valence-electron chi connectivity index (χ3n) is 5.54. The second kappa shape index (κ2) is 4.72. The minimum absolute atomic E-state index is 0.144.